The van der Waals surface area contributed by atoms with Gasteiger partial charge in [0, 0.05) is 4.90 Å². The predicted molar refractivity (Wildman–Crippen MR) is 79.7 cm³/mol. The van der Waals surface area contributed by atoms with Crippen LogP contribution in [0.25, 0.3) is 0 Å². The lowest BCUT2D eigenvalue weighted by Gasteiger charge is -2.09. The van der Waals surface area contributed by atoms with E-state index in [9.17, 15) is 0 Å². The van der Waals surface area contributed by atoms with E-state index in [0.717, 1.165) is 11.4 Å². The Kier molecular flexibility index (Phi) is 4.68. The van der Waals surface area contributed by atoms with Gasteiger partial charge in [-0.1, -0.05) is 36.9 Å². The van der Waals surface area contributed by atoms with Gasteiger partial charge < -0.3 is 10.5 Å². The monoisotopic (exact) mass is 274 g/mol. The number of aryl methyl sites for hydroxylation is 1. The lowest BCUT2D eigenvalue weighted by Crippen LogP contribution is -2.01. The first-order valence-electron chi connectivity index (χ1n) is 6.33. The molecular formula is C15H18N2OS. The van der Waals surface area contributed by atoms with Gasteiger partial charge in [0.25, 0.3) is 0 Å². The number of benzene rings is 1. The van der Waals surface area contributed by atoms with E-state index < -0.39 is 0 Å². The van der Waals surface area contributed by atoms with Gasteiger partial charge in [-0.25, -0.2) is 4.98 Å². The van der Waals surface area contributed by atoms with Crippen molar-refractivity contribution in [3.05, 3.63) is 42.0 Å². The van der Waals surface area contributed by atoms with E-state index in [1.165, 1.54) is 10.5 Å². The second kappa shape index (κ2) is 6.48. The third-order valence-corrected chi connectivity index (χ3v) is 3.73. The van der Waals surface area contributed by atoms with Gasteiger partial charge in [0.1, 0.15) is 5.03 Å². The lowest BCUT2D eigenvalue weighted by atomic mass is 10.2. The van der Waals surface area contributed by atoms with Crippen molar-refractivity contribution >= 4 is 17.4 Å². The molecule has 100 valence electrons. The van der Waals surface area contributed by atoms with E-state index in [-0.39, 0.29) is 0 Å². The number of hydrogen-bond donors (Lipinski definition) is 1. The summed E-state index contributed by atoms with van der Waals surface area (Å²) in [5, 5.41) is 0.898. The average molecular weight is 274 g/mol. The average Bonchev–Trinajstić information content (AvgIpc) is 2.42. The molecule has 0 saturated heterocycles. The van der Waals surface area contributed by atoms with Crippen molar-refractivity contribution in [3.63, 3.8) is 0 Å². The Morgan fingerprint density at radius 1 is 1.21 bits per heavy atom. The Balaban J connectivity index is 2.19. The summed E-state index contributed by atoms with van der Waals surface area (Å²) in [4.78, 5) is 5.66. The zero-order valence-electron chi connectivity index (χ0n) is 11.2. The van der Waals surface area contributed by atoms with E-state index >= 15 is 0 Å². The molecule has 19 heavy (non-hydrogen) atoms. The number of nitrogens with two attached hydrogens (primary N) is 1. The molecule has 0 bridgehead atoms. The van der Waals surface area contributed by atoms with E-state index in [0.29, 0.717) is 18.2 Å². The lowest BCUT2D eigenvalue weighted by molar-refractivity contribution is 0.305. The Labute approximate surface area is 118 Å². The molecule has 3 nitrogen and oxygen atoms in total. The van der Waals surface area contributed by atoms with Crippen LogP contribution < -0.4 is 10.5 Å². The maximum Gasteiger partial charge on any atom is 0.238 e. The summed E-state index contributed by atoms with van der Waals surface area (Å²) < 4.78 is 5.55. The van der Waals surface area contributed by atoms with Gasteiger partial charge in [0.2, 0.25) is 5.88 Å². The van der Waals surface area contributed by atoms with Gasteiger partial charge in [-0.15, -0.1) is 0 Å². The van der Waals surface area contributed by atoms with Crippen molar-refractivity contribution in [1.29, 1.82) is 0 Å². The largest absolute Gasteiger partial charge is 0.476 e. The number of ether oxygens (including phenoxy) is 1. The van der Waals surface area contributed by atoms with Crippen LogP contribution in [0.15, 0.2) is 46.3 Å². The number of aromatic nitrogens is 1. The minimum Gasteiger partial charge on any atom is -0.476 e. The van der Waals surface area contributed by atoms with Crippen molar-refractivity contribution < 1.29 is 4.74 Å². The van der Waals surface area contributed by atoms with E-state index in [1.54, 1.807) is 11.8 Å². The zero-order chi connectivity index (χ0) is 13.7. The van der Waals surface area contributed by atoms with Gasteiger partial charge in [-0.3, -0.25) is 0 Å². The molecule has 0 unspecified atom stereocenters. The van der Waals surface area contributed by atoms with Crippen molar-refractivity contribution in [1.82, 2.24) is 4.98 Å². The molecule has 2 N–H and O–H groups in total. The highest BCUT2D eigenvalue weighted by molar-refractivity contribution is 7.99. The fraction of sp³-hybridized carbons (Fsp3) is 0.267. The van der Waals surface area contributed by atoms with Crippen molar-refractivity contribution in [2.75, 3.05) is 12.3 Å². The van der Waals surface area contributed by atoms with Crippen LogP contribution in [0.2, 0.25) is 0 Å². The minimum absolute atomic E-state index is 0.528. The number of pyridine rings is 1. The molecule has 1 heterocycles. The van der Waals surface area contributed by atoms with Crippen molar-refractivity contribution in [2.24, 2.45) is 0 Å². The summed E-state index contributed by atoms with van der Waals surface area (Å²) in [6, 6.07) is 12.0. The molecule has 2 aromatic rings. The zero-order valence-corrected chi connectivity index (χ0v) is 12.0. The van der Waals surface area contributed by atoms with Gasteiger partial charge in [-0.05, 0) is 37.1 Å². The topological polar surface area (TPSA) is 48.1 Å². The highest BCUT2D eigenvalue weighted by Gasteiger charge is 2.06. The summed E-state index contributed by atoms with van der Waals surface area (Å²) in [6.45, 7) is 4.78. The smallest absolute Gasteiger partial charge is 0.238 e. The van der Waals surface area contributed by atoms with Crippen LogP contribution in [-0.4, -0.2) is 11.6 Å². The summed E-state index contributed by atoms with van der Waals surface area (Å²) in [7, 11) is 0. The van der Waals surface area contributed by atoms with Crippen LogP contribution in [0.4, 0.5) is 5.69 Å². The summed E-state index contributed by atoms with van der Waals surface area (Å²) in [6.07, 6.45) is 0.941. The Hall–Kier alpha value is -1.68. The highest BCUT2D eigenvalue weighted by Crippen LogP contribution is 2.31. The van der Waals surface area contributed by atoms with Crippen LogP contribution in [-0.2, 0) is 0 Å². The third-order valence-electron chi connectivity index (χ3n) is 2.62. The fourth-order valence-electron chi connectivity index (χ4n) is 1.59. The van der Waals surface area contributed by atoms with Crippen LogP contribution in [0.3, 0.4) is 0 Å². The maximum atomic E-state index is 5.86. The number of nitrogen functional groups attached to an aromatic ring is 1. The molecule has 0 spiro atoms. The van der Waals surface area contributed by atoms with Crippen LogP contribution in [0, 0.1) is 6.92 Å². The summed E-state index contributed by atoms with van der Waals surface area (Å²) >= 11 is 1.62. The first-order chi connectivity index (χ1) is 9.20. The van der Waals surface area contributed by atoms with E-state index in [4.69, 9.17) is 10.5 Å². The Morgan fingerprint density at radius 2 is 2.00 bits per heavy atom. The molecule has 0 fully saturated rings. The first kappa shape index (κ1) is 13.7. The predicted octanol–water partition coefficient (Wildman–Crippen LogP) is 3.91. The second-order valence-electron chi connectivity index (χ2n) is 4.26. The van der Waals surface area contributed by atoms with Gasteiger partial charge in [-0.2, -0.15) is 0 Å². The molecule has 1 aromatic heterocycles. The molecule has 0 saturated carbocycles. The molecule has 4 heteroatoms. The number of hydrogen-bond acceptors (Lipinski definition) is 4. The SMILES string of the molecule is CCCOc1nc(Sc2ccccc2C)ccc1N. The molecule has 2 rings (SSSR count). The maximum absolute atomic E-state index is 5.86. The first-order valence-corrected chi connectivity index (χ1v) is 7.15. The van der Waals surface area contributed by atoms with Crippen molar-refractivity contribution in [2.45, 2.75) is 30.2 Å². The van der Waals surface area contributed by atoms with Crippen LogP contribution in [0.5, 0.6) is 5.88 Å². The highest BCUT2D eigenvalue weighted by atomic mass is 32.2. The number of anilines is 1. The van der Waals surface area contributed by atoms with Gasteiger partial charge in [0.05, 0.1) is 12.3 Å². The van der Waals surface area contributed by atoms with Gasteiger partial charge >= 0.3 is 0 Å². The second-order valence-corrected chi connectivity index (χ2v) is 5.32. The van der Waals surface area contributed by atoms with E-state index in [2.05, 4.69) is 31.0 Å². The molecule has 0 radical (unpaired) electrons. The number of rotatable bonds is 5. The molecule has 0 aliphatic rings. The third kappa shape index (κ3) is 3.64. The van der Waals surface area contributed by atoms with Crippen LogP contribution >= 0.6 is 11.8 Å². The molecule has 0 atom stereocenters. The Bertz CT molecular complexity index is 558. The standard InChI is InChI=1S/C15H18N2OS/c1-3-10-18-15-12(16)8-9-14(17-15)19-13-7-5-4-6-11(13)2/h4-9H,3,10,16H2,1-2H3. The summed E-state index contributed by atoms with van der Waals surface area (Å²) in [5.41, 5.74) is 7.68. The van der Waals surface area contributed by atoms with Crippen LogP contribution in [0.1, 0.15) is 18.9 Å². The quantitative estimate of drug-likeness (QED) is 0.898. The van der Waals surface area contributed by atoms with Gasteiger partial charge in [0.15, 0.2) is 0 Å². The normalized spacial score (nSPS) is 10.4. The fourth-order valence-corrected chi connectivity index (χ4v) is 2.45. The molecular weight excluding hydrogens is 256 g/mol. The summed E-state index contributed by atoms with van der Waals surface area (Å²) in [5.74, 6) is 0.528. The van der Waals surface area contributed by atoms with E-state index in [1.807, 2.05) is 24.3 Å². The number of nitrogens with zero attached hydrogens (tertiary/aromatic N) is 1. The molecule has 0 aliphatic carbocycles. The Morgan fingerprint density at radius 3 is 2.74 bits per heavy atom. The molecule has 1 aromatic carbocycles. The molecule has 0 amide bonds. The minimum atomic E-state index is 0.528. The van der Waals surface area contributed by atoms with Crippen molar-refractivity contribution in [3.8, 4) is 5.88 Å². The molecule has 0 aliphatic heterocycles.